The van der Waals surface area contributed by atoms with E-state index in [1.807, 2.05) is 0 Å². The second kappa shape index (κ2) is 11.0. The van der Waals surface area contributed by atoms with Crippen LogP contribution in [0.15, 0.2) is 71.6 Å². The van der Waals surface area contributed by atoms with Crippen LogP contribution in [0.25, 0.3) is 0 Å². The summed E-state index contributed by atoms with van der Waals surface area (Å²) in [6, 6.07) is 17.8. The fourth-order valence-corrected chi connectivity index (χ4v) is 5.76. The SMILES string of the molecule is COC(=O)C1CN(C(=O)CN(c2ccc(OC)cc2)S(=O)(=O)c2cc(C)ccc2OC)c2ccccc2O1. The minimum atomic E-state index is -4.29. The van der Waals surface area contributed by atoms with Gasteiger partial charge >= 0.3 is 5.97 Å². The molecular weight excluding hydrogens is 512 g/mol. The number of ether oxygens (including phenoxy) is 4. The molecular formula is C27H28N2O8S. The second-order valence-corrected chi connectivity index (χ2v) is 10.3. The lowest BCUT2D eigenvalue weighted by molar-refractivity contribution is -0.148. The summed E-state index contributed by atoms with van der Waals surface area (Å²) in [5, 5.41) is 0. The van der Waals surface area contributed by atoms with Crippen LogP contribution in [0.4, 0.5) is 11.4 Å². The number of para-hydroxylation sites is 2. The van der Waals surface area contributed by atoms with Gasteiger partial charge in [0.05, 0.1) is 39.2 Å². The summed E-state index contributed by atoms with van der Waals surface area (Å²) in [5.41, 5.74) is 1.36. The molecule has 0 saturated heterocycles. The minimum Gasteiger partial charge on any atom is -0.497 e. The van der Waals surface area contributed by atoms with Gasteiger partial charge < -0.3 is 23.8 Å². The molecule has 0 saturated carbocycles. The van der Waals surface area contributed by atoms with Crippen LogP contribution < -0.4 is 23.4 Å². The number of aryl methyl sites for hydroxylation is 1. The highest BCUT2D eigenvalue weighted by Gasteiger charge is 2.37. The fourth-order valence-electron chi connectivity index (χ4n) is 4.10. The van der Waals surface area contributed by atoms with E-state index in [0.29, 0.717) is 22.7 Å². The first kappa shape index (κ1) is 26.8. The minimum absolute atomic E-state index is 0.0848. The van der Waals surface area contributed by atoms with Gasteiger partial charge in [0.15, 0.2) is 0 Å². The van der Waals surface area contributed by atoms with E-state index in [2.05, 4.69) is 0 Å². The molecule has 1 unspecified atom stereocenters. The van der Waals surface area contributed by atoms with E-state index in [4.69, 9.17) is 18.9 Å². The van der Waals surface area contributed by atoms with Crippen LogP contribution >= 0.6 is 0 Å². The molecule has 11 heteroatoms. The number of sulfonamides is 1. The molecule has 0 aliphatic carbocycles. The topological polar surface area (TPSA) is 112 Å². The van der Waals surface area contributed by atoms with E-state index in [-0.39, 0.29) is 22.9 Å². The van der Waals surface area contributed by atoms with Crippen molar-refractivity contribution in [3.05, 3.63) is 72.3 Å². The molecule has 3 aromatic carbocycles. The van der Waals surface area contributed by atoms with Gasteiger partial charge in [-0.2, -0.15) is 0 Å². The highest BCUT2D eigenvalue weighted by Crippen LogP contribution is 2.35. The monoisotopic (exact) mass is 540 g/mol. The van der Waals surface area contributed by atoms with Crippen LogP contribution in [-0.4, -0.2) is 60.8 Å². The zero-order chi connectivity index (χ0) is 27.4. The number of methoxy groups -OCH3 is 3. The van der Waals surface area contributed by atoms with Gasteiger partial charge in [0.25, 0.3) is 10.0 Å². The Morgan fingerprint density at radius 2 is 1.71 bits per heavy atom. The number of fused-ring (bicyclic) bond motifs is 1. The van der Waals surface area contributed by atoms with Crippen molar-refractivity contribution in [3.8, 4) is 17.2 Å². The van der Waals surface area contributed by atoms with Crippen molar-refractivity contribution in [1.82, 2.24) is 0 Å². The Bertz CT molecular complexity index is 1440. The zero-order valence-corrected chi connectivity index (χ0v) is 22.2. The van der Waals surface area contributed by atoms with Crippen molar-refractivity contribution in [2.24, 2.45) is 0 Å². The summed E-state index contributed by atoms with van der Waals surface area (Å²) in [7, 11) is -0.182. The molecule has 0 radical (unpaired) electrons. The van der Waals surface area contributed by atoms with Crippen molar-refractivity contribution >= 4 is 33.3 Å². The molecule has 38 heavy (non-hydrogen) atoms. The molecule has 0 N–H and O–H groups in total. The van der Waals surface area contributed by atoms with E-state index >= 15 is 0 Å². The number of nitrogens with zero attached hydrogens (tertiary/aromatic N) is 2. The number of benzene rings is 3. The summed E-state index contributed by atoms with van der Waals surface area (Å²) >= 11 is 0. The van der Waals surface area contributed by atoms with Gasteiger partial charge in [-0.25, -0.2) is 13.2 Å². The number of rotatable bonds is 8. The lowest BCUT2D eigenvalue weighted by Crippen LogP contribution is -2.51. The third-order valence-electron chi connectivity index (χ3n) is 6.07. The highest BCUT2D eigenvalue weighted by molar-refractivity contribution is 7.93. The molecule has 1 atom stereocenters. The van der Waals surface area contributed by atoms with Crippen molar-refractivity contribution in [2.45, 2.75) is 17.9 Å². The van der Waals surface area contributed by atoms with E-state index in [0.717, 1.165) is 4.31 Å². The van der Waals surface area contributed by atoms with Crippen LogP contribution in [0.2, 0.25) is 0 Å². The first-order valence-electron chi connectivity index (χ1n) is 11.6. The molecule has 1 aliphatic heterocycles. The molecule has 0 aromatic heterocycles. The molecule has 200 valence electrons. The van der Waals surface area contributed by atoms with E-state index in [1.54, 1.807) is 67.6 Å². The summed E-state index contributed by atoms with van der Waals surface area (Å²) in [6.45, 7) is 1.06. The van der Waals surface area contributed by atoms with E-state index < -0.39 is 34.5 Å². The Kier molecular flexibility index (Phi) is 7.77. The first-order valence-corrected chi connectivity index (χ1v) is 13.1. The zero-order valence-electron chi connectivity index (χ0n) is 21.4. The number of carbonyl (C=O) groups is 2. The highest BCUT2D eigenvalue weighted by atomic mass is 32.2. The van der Waals surface area contributed by atoms with Crippen molar-refractivity contribution in [1.29, 1.82) is 0 Å². The normalized spacial score (nSPS) is 14.6. The number of anilines is 2. The number of esters is 1. The van der Waals surface area contributed by atoms with E-state index in [9.17, 15) is 18.0 Å². The molecule has 3 aromatic rings. The molecule has 1 heterocycles. The average molecular weight is 541 g/mol. The lowest BCUT2D eigenvalue weighted by Gasteiger charge is -2.35. The number of carbonyl (C=O) groups excluding carboxylic acids is 2. The van der Waals surface area contributed by atoms with Crippen LogP contribution in [0, 0.1) is 6.92 Å². The van der Waals surface area contributed by atoms with Crippen molar-refractivity contribution in [2.75, 3.05) is 43.6 Å². The lowest BCUT2D eigenvalue weighted by atomic mass is 10.2. The number of amides is 1. The quantitative estimate of drug-likeness (QED) is 0.401. The number of hydrogen-bond acceptors (Lipinski definition) is 8. The molecule has 0 fully saturated rings. The Morgan fingerprint density at radius 3 is 2.37 bits per heavy atom. The largest absolute Gasteiger partial charge is 0.497 e. The smallest absolute Gasteiger partial charge is 0.348 e. The van der Waals surface area contributed by atoms with Gasteiger partial charge in [0, 0.05) is 0 Å². The average Bonchev–Trinajstić information content (AvgIpc) is 2.94. The predicted octanol–water partition coefficient (Wildman–Crippen LogP) is 3.17. The molecule has 10 nitrogen and oxygen atoms in total. The van der Waals surface area contributed by atoms with Gasteiger partial charge in [-0.3, -0.25) is 9.10 Å². The van der Waals surface area contributed by atoms with Gasteiger partial charge in [0.1, 0.15) is 28.7 Å². The van der Waals surface area contributed by atoms with Crippen molar-refractivity contribution < 1.29 is 37.0 Å². The maximum absolute atomic E-state index is 14.0. The van der Waals surface area contributed by atoms with Gasteiger partial charge in [-0.1, -0.05) is 18.2 Å². The molecule has 0 spiro atoms. The Labute approximate surface area is 221 Å². The van der Waals surface area contributed by atoms with Gasteiger partial charge in [0.2, 0.25) is 12.0 Å². The van der Waals surface area contributed by atoms with Crippen LogP contribution in [0.5, 0.6) is 17.2 Å². The number of hydrogen-bond donors (Lipinski definition) is 0. The molecule has 1 amide bonds. The molecule has 1 aliphatic rings. The molecule has 4 rings (SSSR count). The maximum atomic E-state index is 14.0. The summed E-state index contributed by atoms with van der Waals surface area (Å²) in [6.07, 6.45) is -1.07. The summed E-state index contributed by atoms with van der Waals surface area (Å²) in [5.74, 6) is -0.249. The first-order chi connectivity index (χ1) is 18.2. The summed E-state index contributed by atoms with van der Waals surface area (Å²) in [4.78, 5) is 27.3. The Hall–Kier alpha value is -4.25. The predicted molar refractivity (Wildman–Crippen MR) is 140 cm³/mol. The third kappa shape index (κ3) is 5.23. The standard InChI is InChI=1S/C27H28N2O8S/c1-18-9-14-23(35-3)25(15-18)38(32,33)29(19-10-12-20(34-2)13-11-19)17-26(30)28-16-24(27(31)36-4)37-22-8-6-5-7-21(22)28/h5-15,24H,16-17H2,1-4H3. The Morgan fingerprint density at radius 1 is 1.00 bits per heavy atom. The molecule has 0 bridgehead atoms. The third-order valence-corrected chi connectivity index (χ3v) is 7.86. The van der Waals surface area contributed by atoms with Crippen molar-refractivity contribution in [3.63, 3.8) is 0 Å². The maximum Gasteiger partial charge on any atom is 0.348 e. The van der Waals surface area contributed by atoms with Crippen LogP contribution in [0.3, 0.4) is 0 Å². The fraction of sp³-hybridized carbons (Fsp3) is 0.259. The Balaban J connectivity index is 1.78. The second-order valence-electron chi connectivity index (χ2n) is 8.47. The van der Waals surface area contributed by atoms with Crippen LogP contribution in [0.1, 0.15) is 5.56 Å². The van der Waals surface area contributed by atoms with Crippen LogP contribution in [-0.2, 0) is 24.3 Å². The van der Waals surface area contributed by atoms with E-state index in [1.165, 1.54) is 32.3 Å². The van der Waals surface area contributed by atoms with Gasteiger partial charge in [-0.15, -0.1) is 0 Å². The summed E-state index contributed by atoms with van der Waals surface area (Å²) < 4.78 is 50.2. The van der Waals surface area contributed by atoms with Gasteiger partial charge in [-0.05, 0) is 61.0 Å².